The molecule has 1 aliphatic heterocycles. The minimum Gasteiger partial charge on any atom is -0.354 e. The van der Waals surface area contributed by atoms with Gasteiger partial charge in [0.25, 0.3) is 5.91 Å². The quantitative estimate of drug-likeness (QED) is 0.229. The van der Waals surface area contributed by atoms with Gasteiger partial charge < -0.3 is 20.9 Å². The molecule has 2 atom stereocenters. The summed E-state index contributed by atoms with van der Waals surface area (Å²) in [5, 5.41) is 11.4. The van der Waals surface area contributed by atoms with E-state index in [0.29, 0.717) is 44.7 Å². The van der Waals surface area contributed by atoms with Crippen LogP contribution in [-0.2, 0) is 25.6 Å². The van der Waals surface area contributed by atoms with Crippen LogP contribution in [0, 0.1) is 11.3 Å². The third-order valence-electron chi connectivity index (χ3n) is 7.78. The average molecular weight is 587 g/mol. The number of fused-ring (bicyclic) bond motifs is 1. The van der Waals surface area contributed by atoms with E-state index >= 15 is 0 Å². The molecule has 1 fully saturated rings. The van der Waals surface area contributed by atoms with Gasteiger partial charge in [-0.25, -0.2) is 0 Å². The van der Waals surface area contributed by atoms with Crippen LogP contribution < -0.4 is 16.0 Å². The first-order valence-corrected chi connectivity index (χ1v) is 14.7. The van der Waals surface area contributed by atoms with Crippen LogP contribution >= 0.6 is 12.4 Å². The van der Waals surface area contributed by atoms with Crippen LogP contribution in [0.25, 0.3) is 10.8 Å². The van der Waals surface area contributed by atoms with Gasteiger partial charge in [0.15, 0.2) is 0 Å². The van der Waals surface area contributed by atoms with Crippen LogP contribution in [0.4, 0.5) is 0 Å². The minimum absolute atomic E-state index is 0. The SMILES string of the molecule is CCC(C)(C)C(=O)C(=O)N1CCC[C@H]1C(=O)N[C@H](Cc1ccc2ccccc2c1)C(=O)NCCCNCC(C)C.Cl. The number of nitrogens with one attached hydrogen (secondary N) is 3. The van der Waals surface area contributed by atoms with Crippen LogP contribution in [0.3, 0.4) is 0 Å². The van der Waals surface area contributed by atoms with Gasteiger partial charge in [-0.1, -0.05) is 77.1 Å². The highest BCUT2D eigenvalue weighted by Crippen LogP contribution is 2.26. The van der Waals surface area contributed by atoms with E-state index in [9.17, 15) is 19.2 Å². The van der Waals surface area contributed by atoms with E-state index in [2.05, 4.69) is 29.8 Å². The number of carbonyl (C=O) groups is 4. The fourth-order valence-electron chi connectivity index (χ4n) is 4.88. The van der Waals surface area contributed by atoms with Crippen LogP contribution in [0.1, 0.15) is 65.9 Å². The lowest BCUT2D eigenvalue weighted by Crippen LogP contribution is -2.55. The van der Waals surface area contributed by atoms with E-state index in [0.717, 1.165) is 35.8 Å². The Balaban J connectivity index is 0.00000588. The van der Waals surface area contributed by atoms with Crippen LogP contribution in [0.5, 0.6) is 0 Å². The van der Waals surface area contributed by atoms with E-state index in [4.69, 9.17) is 0 Å². The Morgan fingerprint density at radius 2 is 1.73 bits per heavy atom. The van der Waals surface area contributed by atoms with Crippen molar-refractivity contribution in [2.24, 2.45) is 11.3 Å². The first-order valence-electron chi connectivity index (χ1n) is 14.7. The van der Waals surface area contributed by atoms with Gasteiger partial charge in [-0.15, -0.1) is 12.4 Å². The Morgan fingerprint density at radius 3 is 2.41 bits per heavy atom. The molecule has 8 nitrogen and oxygen atoms in total. The molecule has 0 spiro atoms. The van der Waals surface area contributed by atoms with Crippen molar-refractivity contribution < 1.29 is 19.2 Å². The first-order chi connectivity index (χ1) is 19.0. The molecular weight excluding hydrogens is 540 g/mol. The second-order valence-corrected chi connectivity index (χ2v) is 11.9. The van der Waals surface area contributed by atoms with Gasteiger partial charge in [0.05, 0.1) is 0 Å². The zero-order valence-corrected chi connectivity index (χ0v) is 25.9. The van der Waals surface area contributed by atoms with Gasteiger partial charge in [-0.3, -0.25) is 19.2 Å². The summed E-state index contributed by atoms with van der Waals surface area (Å²) in [5.74, 6) is -1.20. The molecule has 1 aliphatic rings. The molecule has 0 bridgehead atoms. The highest BCUT2D eigenvalue weighted by Gasteiger charge is 2.41. The van der Waals surface area contributed by atoms with E-state index < -0.39 is 35.1 Å². The Labute approximate surface area is 250 Å². The summed E-state index contributed by atoms with van der Waals surface area (Å²) in [6.45, 7) is 12.2. The molecule has 41 heavy (non-hydrogen) atoms. The summed E-state index contributed by atoms with van der Waals surface area (Å²) in [6.07, 6.45) is 2.72. The molecule has 226 valence electrons. The van der Waals surface area contributed by atoms with Gasteiger partial charge in [0.1, 0.15) is 12.1 Å². The molecular formula is C32H47ClN4O4. The largest absolute Gasteiger partial charge is 0.354 e. The number of hydrogen-bond acceptors (Lipinski definition) is 5. The van der Waals surface area contributed by atoms with E-state index in [1.165, 1.54) is 4.90 Å². The molecule has 3 amide bonds. The predicted molar refractivity (Wildman–Crippen MR) is 166 cm³/mol. The first kappa shape index (κ1) is 34.2. The number of rotatable bonds is 14. The van der Waals surface area contributed by atoms with Crippen molar-refractivity contribution in [3.63, 3.8) is 0 Å². The fourth-order valence-corrected chi connectivity index (χ4v) is 4.88. The van der Waals surface area contributed by atoms with Crippen LogP contribution in [0.15, 0.2) is 42.5 Å². The lowest BCUT2D eigenvalue weighted by atomic mass is 9.84. The average Bonchev–Trinajstić information content (AvgIpc) is 3.43. The Morgan fingerprint density at radius 1 is 1.02 bits per heavy atom. The van der Waals surface area contributed by atoms with Gasteiger partial charge >= 0.3 is 0 Å². The van der Waals surface area contributed by atoms with E-state index in [-0.39, 0.29) is 18.3 Å². The van der Waals surface area contributed by atoms with Crippen molar-refractivity contribution >= 4 is 46.7 Å². The van der Waals surface area contributed by atoms with Gasteiger partial charge in [-0.05, 0) is 61.0 Å². The molecule has 0 radical (unpaired) electrons. The molecule has 2 aromatic carbocycles. The smallest absolute Gasteiger partial charge is 0.291 e. The zero-order valence-electron chi connectivity index (χ0n) is 25.1. The molecule has 2 aromatic rings. The van der Waals surface area contributed by atoms with Gasteiger partial charge in [0.2, 0.25) is 17.6 Å². The summed E-state index contributed by atoms with van der Waals surface area (Å²) in [4.78, 5) is 54.1. The summed E-state index contributed by atoms with van der Waals surface area (Å²) in [5.41, 5.74) is 0.139. The Kier molecular flexibility index (Phi) is 13.3. The lowest BCUT2D eigenvalue weighted by Gasteiger charge is -2.29. The number of nitrogens with zero attached hydrogens (tertiary/aromatic N) is 1. The topological polar surface area (TPSA) is 108 Å². The van der Waals surface area contributed by atoms with Crippen molar-refractivity contribution in [2.45, 2.75) is 78.8 Å². The highest BCUT2D eigenvalue weighted by molar-refractivity contribution is 6.38. The maximum atomic E-state index is 13.5. The Bertz CT molecular complexity index is 1200. The third-order valence-corrected chi connectivity index (χ3v) is 7.78. The third kappa shape index (κ3) is 9.54. The number of carbonyl (C=O) groups excluding carboxylic acids is 4. The highest BCUT2D eigenvalue weighted by atomic mass is 35.5. The van der Waals surface area contributed by atoms with Crippen molar-refractivity contribution in [1.29, 1.82) is 0 Å². The standard InChI is InChI=1S/C32H46N4O4.ClH/c1-6-32(4,5)28(37)31(40)36-18-9-13-27(36)30(39)35-26(29(38)34-17-10-16-33-21-22(2)3)20-23-14-15-24-11-7-8-12-25(24)19-23;/h7-8,11-12,14-15,19,22,26-27,33H,6,9-10,13,16-18,20-21H2,1-5H3,(H,34,38)(H,35,39);1H/t26-,27+;/m1./s1. The maximum Gasteiger partial charge on any atom is 0.291 e. The number of benzene rings is 2. The number of ketones is 1. The number of amides is 3. The molecule has 9 heteroatoms. The predicted octanol–water partition coefficient (Wildman–Crippen LogP) is 4.04. The molecule has 3 N–H and O–H groups in total. The number of Topliss-reactive ketones (excluding diaryl/α,β-unsaturated/α-hetero) is 1. The summed E-state index contributed by atoms with van der Waals surface area (Å²) in [7, 11) is 0. The molecule has 3 rings (SSSR count). The minimum atomic E-state index is -0.808. The van der Waals surface area contributed by atoms with Crippen molar-refractivity contribution in [1.82, 2.24) is 20.9 Å². The van der Waals surface area contributed by atoms with E-state index in [1.807, 2.05) is 49.4 Å². The van der Waals surface area contributed by atoms with Crippen molar-refractivity contribution in [3.8, 4) is 0 Å². The summed E-state index contributed by atoms with van der Waals surface area (Å²) >= 11 is 0. The molecule has 0 unspecified atom stereocenters. The summed E-state index contributed by atoms with van der Waals surface area (Å²) in [6, 6.07) is 12.5. The normalized spacial score (nSPS) is 15.9. The van der Waals surface area contributed by atoms with Gasteiger partial charge in [0, 0.05) is 24.9 Å². The van der Waals surface area contributed by atoms with Crippen LogP contribution in [0.2, 0.25) is 0 Å². The molecule has 1 saturated heterocycles. The summed E-state index contributed by atoms with van der Waals surface area (Å²) < 4.78 is 0. The van der Waals surface area contributed by atoms with E-state index in [1.54, 1.807) is 13.8 Å². The van der Waals surface area contributed by atoms with Gasteiger partial charge in [-0.2, -0.15) is 0 Å². The number of hydrogen-bond donors (Lipinski definition) is 3. The Hall–Kier alpha value is -2.97. The van der Waals surface area contributed by atoms with Crippen LogP contribution in [-0.4, -0.2) is 66.7 Å². The van der Waals surface area contributed by atoms with Crippen molar-refractivity contribution in [3.05, 3.63) is 48.0 Å². The fraction of sp³-hybridized carbons (Fsp3) is 0.562. The lowest BCUT2D eigenvalue weighted by molar-refractivity contribution is -0.151. The zero-order chi connectivity index (χ0) is 29.3. The molecule has 0 aromatic heterocycles. The number of likely N-dealkylation sites (tertiary alicyclic amines) is 1. The maximum absolute atomic E-state index is 13.5. The second kappa shape index (κ2) is 15.9. The van der Waals surface area contributed by atoms with Crippen molar-refractivity contribution in [2.75, 3.05) is 26.2 Å². The molecule has 0 aliphatic carbocycles. The number of halogens is 1. The molecule has 1 heterocycles. The molecule has 0 saturated carbocycles. The monoisotopic (exact) mass is 586 g/mol. The second-order valence-electron chi connectivity index (χ2n) is 11.9.